The normalized spacial score (nSPS) is 18.2. The molecule has 2 aliphatic rings. The van der Waals surface area contributed by atoms with Gasteiger partial charge in [-0.25, -0.2) is 4.79 Å². The van der Waals surface area contributed by atoms with Gasteiger partial charge in [0.25, 0.3) is 0 Å². The predicted octanol–water partition coefficient (Wildman–Crippen LogP) is 11.4. The van der Waals surface area contributed by atoms with Gasteiger partial charge in [0, 0.05) is 35.9 Å². The third kappa shape index (κ3) is 23.7. The molecule has 0 spiro atoms. The van der Waals surface area contributed by atoms with Crippen molar-refractivity contribution in [2.24, 2.45) is 10.9 Å². The molecule has 2 N–H and O–H groups in total. The van der Waals surface area contributed by atoms with E-state index in [1.807, 2.05) is 72.9 Å². The highest BCUT2D eigenvalue weighted by molar-refractivity contribution is 6.31. The molecule has 1 amide bonds. The van der Waals surface area contributed by atoms with Gasteiger partial charge >= 0.3 is 5.97 Å². The van der Waals surface area contributed by atoms with E-state index in [4.69, 9.17) is 26.4 Å². The summed E-state index contributed by atoms with van der Waals surface area (Å²) in [6, 6.07) is -1.33. The molecule has 3 atom stereocenters. The molecule has 0 aromatic rings. The van der Waals surface area contributed by atoms with Gasteiger partial charge in [-0.2, -0.15) is 0 Å². The van der Waals surface area contributed by atoms with Crippen molar-refractivity contribution in [1.29, 1.82) is 0 Å². The van der Waals surface area contributed by atoms with Crippen LogP contribution < -0.4 is 5.32 Å². The Morgan fingerprint density at radius 3 is 2.26 bits per heavy atom. The van der Waals surface area contributed by atoms with Crippen molar-refractivity contribution in [2.45, 2.75) is 145 Å². The van der Waals surface area contributed by atoms with Crippen LogP contribution in [0.15, 0.2) is 100 Å². The third-order valence-corrected chi connectivity index (χ3v) is 9.81. The number of carbonyl (C=O) groups is 2. The SMILES string of the molecule is C=C/C(Cl)=C\C/C(C)=C(\C)CN=C(C(CC1=CC([N+](=O)[O-])CC(OC/C(C)=C/C)C=C1)NC(=O)C1CCCCC1)N(C)CCCC.C=CC(=C)C(=O)O.CC.CC. The van der Waals surface area contributed by atoms with Crippen molar-refractivity contribution in [3.05, 3.63) is 105 Å². The zero-order valence-corrected chi connectivity index (χ0v) is 37.6. The number of amidine groups is 1. The Hall–Kier alpha value is -4.02. The van der Waals surface area contributed by atoms with Crippen LogP contribution in [0.3, 0.4) is 0 Å². The zero-order valence-electron chi connectivity index (χ0n) is 36.9. The molecule has 11 heteroatoms. The van der Waals surface area contributed by atoms with Crippen LogP contribution in [0.25, 0.3) is 0 Å². The van der Waals surface area contributed by atoms with Gasteiger partial charge in [0.2, 0.25) is 11.9 Å². The van der Waals surface area contributed by atoms with Gasteiger partial charge in [-0.3, -0.25) is 19.9 Å². The summed E-state index contributed by atoms with van der Waals surface area (Å²) in [7, 11) is 2.03. The molecule has 2 aliphatic carbocycles. The zero-order chi connectivity index (χ0) is 43.9. The lowest BCUT2D eigenvalue weighted by molar-refractivity contribution is -0.511. The van der Waals surface area contributed by atoms with Gasteiger partial charge in [0.05, 0.1) is 30.9 Å². The van der Waals surface area contributed by atoms with E-state index < -0.39 is 18.1 Å². The molecule has 0 radical (unpaired) electrons. The average molecular weight is 816 g/mol. The minimum Gasteiger partial charge on any atom is -0.478 e. The number of hydrogen-bond donors (Lipinski definition) is 2. The van der Waals surface area contributed by atoms with Crippen LogP contribution in [0.2, 0.25) is 0 Å². The van der Waals surface area contributed by atoms with Gasteiger partial charge in [-0.15, -0.1) is 0 Å². The van der Waals surface area contributed by atoms with E-state index in [0.29, 0.717) is 31.0 Å². The molecule has 10 nitrogen and oxygen atoms in total. The number of aliphatic imine (C=N–C) groups is 1. The van der Waals surface area contributed by atoms with Crippen LogP contribution in [-0.2, 0) is 14.3 Å². The fourth-order valence-corrected chi connectivity index (χ4v) is 5.76. The molecular formula is C46H75ClN4O6. The maximum Gasteiger partial charge on any atom is 0.335 e. The van der Waals surface area contributed by atoms with Crippen molar-refractivity contribution in [3.63, 3.8) is 0 Å². The average Bonchev–Trinajstić information content (AvgIpc) is 3.44. The molecule has 3 unspecified atom stereocenters. The van der Waals surface area contributed by atoms with Crippen LogP contribution in [0.5, 0.6) is 0 Å². The van der Waals surface area contributed by atoms with Crippen LogP contribution in [0.4, 0.5) is 0 Å². The van der Waals surface area contributed by atoms with Crippen LogP contribution in [-0.4, -0.2) is 77.6 Å². The van der Waals surface area contributed by atoms with Crippen molar-refractivity contribution in [1.82, 2.24) is 10.2 Å². The van der Waals surface area contributed by atoms with Crippen molar-refractivity contribution < 1.29 is 24.4 Å². The molecule has 1 fully saturated rings. The Labute approximate surface area is 350 Å². The van der Waals surface area contributed by atoms with Gasteiger partial charge < -0.3 is 20.1 Å². The summed E-state index contributed by atoms with van der Waals surface area (Å²) in [6.07, 6.45) is 20.4. The minimum absolute atomic E-state index is 0.0264. The molecule has 0 heterocycles. The molecule has 0 aromatic carbocycles. The number of nitro groups is 1. The van der Waals surface area contributed by atoms with E-state index in [2.05, 4.69) is 50.7 Å². The largest absolute Gasteiger partial charge is 0.478 e. The van der Waals surface area contributed by atoms with Crippen molar-refractivity contribution in [3.8, 4) is 0 Å². The molecule has 322 valence electrons. The van der Waals surface area contributed by atoms with Crippen LogP contribution >= 0.6 is 11.6 Å². The van der Waals surface area contributed by atoms with Crippen molar-refractivity contribution in [2.75, 3.05) is 26.7 Å². The second kappa shape index (κ2) is 33.0. The highest BCUT2D eigenvalue weighted by Crippen LogP contribution is 2.26. The number of allylic oxidation sites excluding steroid dienone is 6. The quantitative estimate of drug-likeness (QED) is 0.0252. The summed E-state index contributed by atoms with van der Waals surface area (Å²) in [5.41, 5.74) is 4.20. The maximum absolute atomic E-state index is 13.7. The van der Waals surface area contributed by atoms with E-state index in [1.54, 1.807) is 12.2 Å². The fraction of sp³-hybridized carbons (Fsp3) is 0.587. The molecule has 0 bridgehead atoms. The number of nitrogens with one attached hydrogen (secondary N) is 1. The number of amides is 1. The van der Waals surface area contributed by atoms with E-state index >= 15 is 0 Å². The second-order valence-corrected chi connectivity index (χ2v) is 14.3. The number of carboxylic acid groups (broad SMARTS) is 1. The Bertz CT molecular complexity index is 1450. The molecule has 0 aromatic heterocycles. The molecular weight excluding hydrogens is 740 g/mol. The molecule has 2 rings (SSSR count). The van der Waals surface area contributed by atoms with E-state index in [9.17, 15) is 19.7 Å². The second-order valence-electron chi connectivity index (χ2n) is 13.8. The Kier molecular flexibility index (Phi) is 31.9. The highest BCUT2D eigenvalue weighted by atomic mass is 35.5. The lowest BCUT2D eigenvalue weighted by atomic mass is 9.88. The lowest BCUT2D eigenvalue weighted by Gasteiger charge is -2.31. The number of carboxylic acids is 1. The Morgan fingerprint density at radius 2 is 1.75 bits per heavy atom. The Balaban J connectivity index is 0. The van der Waals surface area contributed by atoms with E-state index in [-0.39, 0.29) is 34.8 Å². The molecule has 0 aliphatic heterocycles. The number of halogens is 1. The first-order valence-corrected chi connectivity index (χ1v) is 21.0. The van der Waals surface area contributed by atoms with Gasteiger partial charge in [0.15, 0.2) is 0 Å². The van der Waals surface area contributed by atoms with Gasteiger partial charge in [-0.05, 0) is 71.4 Å². The number of nitrogens with zero attached hydrogens (tertiary/aromatic N) is 3. The smallest absolute Gasteiger partial charge is 0.335 e. The molecule has 1 saturated carbocycles. The number of carbonyl (C=O) groups excluding carboxylic acids is 1. The maximum atomic E-state index is 13.7. The van der Waals surface area contributed by atoms with Gasteiger partial charge in [-0.1, -0.05) is 145 Å². The monoisotopic (exact) mass is 815 g/mol. The standard InChI is InChI=1S/C37H57ClN4O4.C5H6O2.2C2H6/c1-8-11-21-41(7)36(39-25-29(6)28(5)17-19-32(38)10-3)35(40-37(43)31-15-13-12-14-16-31)23-30-18-20-34(46-26-27(4)9-2)24-33(22-30)42(44)45;1-3-4(2)5(6)7;2*1-2/h9-10,18-20,22,31,33-35H,3,8,11-17,21,23-26H2,1-2,4-7H3,(H,40,43);3H,1-2H2,(H,6,7);2*1-2H3/b27-9+,29-28+,32-19+,39-36?;;;. The highest BCUT2D eigenvalue weighted by Gasteiger charge is 2.30. The summed E-state index contributed by atoms with van der Waals surface area (Å²) in [5, 5.41) is 24.1. The fourth-order valence-electron chi connectivity index (χ4n) is 5.68. The first-order valence-electron chi connectivity index (χ1n) is 20.7. The minimum atomic E-state index is -1.02. The lowest BCUT2D eigenvalue weighted by Crippen LogP contribution is -2.50. The van der Waals surface area contributed by atoms with E-state index in [1.165, 1.54) is 11.6 Å². The predicted molar refractivity (Wildman–Crippen MR) is 242 cm³/mol. The summed E-state index contributed by atoms with van der Waals surface area (Å²) in [4.78, 5) is 42.6. The van der Waals surface area contributed by atoms with Crippen molar-refractivity contribution >= 4 is 29.3 Å². The number of aliphatic carboxylic acids is 1. The number of rotatable bonds is 19. The van der Waals surface area contributed by atoms with E-state index in [0.717, 1.165) is 74.0 Å². The summed E-state index contributed by atoms with van der Waals surface area (Å²) >= 11 is 6.15. The number of unbranched alkanes of at least 4 members (excludes halogenated alkanes) is 1. The van der Waals surface area contributed by atoms with Crippen LogP contribution in [0.1, 0.15) is 127 Å². The summed E-state index contributed by atoms with van der Waals surface area (Å²) in [5.74, 6) is -0.213. The van der Waals surface area contributed by atoms with Gasteiger partial charge in [0.1, 0.15) is 5.84 Å². The number of likely N-dealkylation sites (N-methyl/N-ethyl adjacent to an activating group) is 1. The summed E-state index contributed by atoms with van der Waals surface area (Å²) in [6.45, 7) is 30.0. The Morgan fingerprint density at radius 1 is 1.12 bits per heavy atom. The molecule has 0 saturated heterocycles. The number of ether oxygens (including phenoxy) is 1. The first-order chi connectivity index (χ1) is 27.2. The topological polar surface area (TPSA) is 134 Å². The third-order valence-electron chi connectivity index (χ3n) is 9.50. The van der Waals surface area contributed by atoms with Crippen LogP contribution in [0, 0.1) is 16.0 Å². The first kappa shape index (κ1) is 55.1. The number of hydrogen-bond acceptors (Lipinski definition) is 6. The summed E-state index contributed by atoms with van der Waals surface area (Å²) < 4.78 is 6.03. The molecule has 57 heavy (non-hydrogen) atoms.